The average molecular weight is 286 g/mol. The molecule has 0 saturated carbocycles. The summed E-state index contributed by atoms with van der Waals surface area (Å²) in [5.41, 5.74) is 6.42. The van der Waals surface area contributed by atoms with Crippen molar-refractivity contribution in [2.45, 2.75) is 11.8 Å². The maximum atomic E-state index is 11.6. The lowest BCUT2D eigenvalue weighted by molar-refractivity contribution is -0.127. The number of likely N-dealkylation sites (N-methyl/N-ethyl adjacent to an activating group) is 1. The van der Waals surface area contributed by atoms with Gasteiger partial charge in [0.2, 0.25) is 15.9 Å². The molecule has 1 aromatic rings. The lowest BCUT2D eigenvalue weighted by Crippen LogP contribution is -2.32. The zero-order chi connectivity index (χ0) is 14.6. The molecule has 0 unspecified atom stereocenters. The molecule has 7 nitrogen and oxygen atoms in total. The van der Waals surface area contributed by atoms with Gasteiger partial charge in [0.25, 0.3) is 0 Å². The Hall–Kier alpha value is -1.80. The van der Waals surface area contributed by atoms with Gasteiger partial charge in [-0.3, -0.25) is 4.79 Å². The predicted molar refractivity (Wildman–Crippen MR) is 74.0 cm³/mol. The van der Waals surface area contributed by atoms with E-state index in [-0.39, 0.29) is 17.3 Å². The van der Waals surface area contributed by atoms with Crippen molar-refractivity contribution in [2.24, 2.45) is 5.14 Å². The Bertz CT molecular complexity index is 571. The predicted octanol–water partition coefficient (Wildman–Crippen LogP) is -0.194. The summed E-state index contributed by atoms with van der Waals surface area (Å²) < 4.78 is 22.4. The van der Waals surface area contributed by atoms with Crippen LogP contribution in [0.2, 0.25) is 0 Å². The van der Waals surface area contributed by atoms with Crippen LogP contribution >= 0.6 is 0 Å². The Balaban J connectivity index is 2.87. The molecule has 8 heteroatoms. The second-order valence-corrected chi connectivity index (χ2v) is 5.62. The van der Waals surface area contributed by atoms with Gasteiger partial charge in [-0.25, -0.2) is 13.6 Å². The van der Waals surface area contributed by atoms with Crippen molar-refractivity contribution in [2.75, 3.05) is 31.2 Å². The number of amides is 1. The van der Waals surface area contributed by atoms with Crippen LogP contribution in [0.3, 0.4) is 0 Å². The van der Waals surface area contributed by atoms with Crippen LogP contribution in [0.5, 0.6) is 0 Å². The highest BCUT2D eigenvalue weighted by Crippen LogP contribution is 2.21. The Morgan fingerprint density at radius 2 is 2.05 bits per heavy atom. The minimum absolute atomic E-state index is 0.0304. The van der Waals surface area contributed by atoms with Gasteiger partial charge in [-0.05, 0) is 25.1 Å². The monoisotopic (exact) mass is 286 g/mol. The summed E-state index contributed by atoms with van der Waals surface area (Å²) in [6.07, 6.45) is 0. The smallest absolute Gasteiger partial charge is 0.241 e. The van der Waals surface area contributed by atoms with Crippen molar-refractivity contribution < 1.29 is 13.2 Å². The maximum Gasteiger partial charge on any atom is 0.241 e. The second-order valence-electron chi connectivity index (χ2n) is 4.06. The van der Waals surface area contributed by atoms with E-state index in [2.05, 4.69) is 5.32 Å². The third-order valence-corrected chi connectivity index (χ3v) is 3.59. The van der Waals surface area contributed by atoms with Crippen LogP contribution in [0, 0.1) is 0 Å². The van der Waals surface area contributed by atoms with Crippen LogP contribution in [0.25, 0.3) is 0 Å². The number of sulfonamides is 1. The van der Waals surface area contributed by atoms with E-state index in [0.717, 1.165) is 0 Å². The van der Waals surface area contributed by atoms with E-state index in [1.807, 2.05) is 6.92 Å². The van der Waals surface area contributed by atoms with Crippen molar-refractivity contribution in [3.8, 4) is 0 Å². The molecule has 0 fully saturated rings. The zero-order valence-electron chi connectivity index (χ0n) is 10.9. The number of nitrogens with two attached hydrogens (primary N) is 2. The van der Waals surface area contributed by atoms with Gasteiger partial charge >= 0.3 is 0 Å². The molecular weight excluding hydrogens is 268 g/mol. The van der Waals surface area contributed by atoms with Gasteiger partial charge in [0.05, 0.1) is 22.8 Å². The summed E-state index contributed by atoms with van der Waals surface area (Å²) in [7, 11) is -2.12. The quantitative estimate of drug-likeness (QED) is 0.648. The molecule has 0 bridgehead atoms. The molecule has 0 aliphatic rings. The molecule has 0 aliphatic carbocycles. The largest absolute Gasteiger partial charge is 0.397 e. The molecular formula is C11H18N4O3S. The first-order valence-corrected chi connectivity index (χ1v) is 7.20. The molecule has 0 heterocycles. The molecule has 1 rings (SSSR count). The van der Waals surface area contributed by atoms with E-state index in [1.54, 1.807) is 7.05 Å². The number of nitrogens with zero attached hydrogens (tertiary/aromatic N) is 1. The fraction of sp³-hybridized carbons (Fsp3) is 0.364. The number of carbonyl (C=O) groups is 1. The lowest BCUT2D eigenvalue weighted by atomic mass is 10.2. The van der Waals surface area contributed by atoms with Crippen LogP contribution in [0.4, 0.5) is 11.4 Å². The third kappa shape index (κ3) is 4.11. The summed E-state index contributed by atoms with van der Waals surface area (Å²) in [5, 5.41) is 7.83. The minimum Gasteiger partial charge on any atom is -0.397 e. The molecule has 1 aromatic carbocycles. The number of hydrogen-bond donors (Lipinski definition) is 3. The highest BCUT2D eigenvalue weighted by atomic mass is 32.2. The number of anilines is 2. The van der Waals surface area contributed by atoms with Gasteiger partial charge in [0.15, 0.2) is 0 Å². The first kappa shape index (κ1) is 15.3. The highest BCUT2D eigenvalue weighted by molar-refractivity contribution is 7.89. The van der Waals surface area contributed by atoms with Crippen LogP contribution in [0.15, 0.2) is 23.1 Å². The number of hydrogen-bond acceptors (Lipinski definition) is 5. The van der Waals surface area contributed by atoms with Gasteiger partial charge in [0.1, 0.15) is 0 Å². The highest BCUT2D eigenvalue weighted by Gasteiger charge is 2.12. The number of carbonyl (C=O) groups excluding carboxylic acids is 1. The Morgan fingerprint density at radius 3 is 2.58 bits per heavy atom. The van der Waals surface area contributed by atoms with E-state index < -0.39 is 10.0 Å². The van der Waals surface area contributed by atoms with E-state index in [1.165, 1.54) is 23.1 Å². The van der Waals surface area contributed by atoms with Crippen molar-refractivity contribution in [1.29, 1.82) is 0 Å². The Labute approximate surface area is 112 Å². The SMILES string of the molecule is CCN(C)C(=O)CNc1cc(S(N)(=O)=O)ccc1N. The van der Waals surface area contributed by atoms with Gasteiger partial charge in [-0.15, -0.1) is 0 Å². The average Bonchev–Trinajstić information content (AvgIpc) is 2.35. The molecule has 0 radical (unpaired) electrons. The molecule has 0 aliphatic heterocycles. The number of rotatable bonds is 5. The zero-order valence-corrected chi connectivity index (χ0v) is 11.7. The van der Waals surface area contributed by atoms with E-state index in [4.69, 9.17) is 10.9 Å². The summed E-state index contributed by atoms with van der Waals surface area (Å²) in [6.45, 7) is 2.48. The van der Waals surface area contributed by atoms with Gasteiger partial charge < -0.3 is 16.0 Å². The van der Waals surface area contributed by atoms with E-state index >= 15 is 0 Å². The first-order chi connectivity index (χ1) is 8.75. The van der Waals surface area contributed by atoms with Gasteiger partial charge in [-0.1, -0.05) is 0 Å². The fourth-order valence-electron chi connectivity index (χ4n) is 1.35. The number of nitrogen functional groups attached to an aromatic ring is 1. The number of nitrogens with one attached hydrogen (secondary N) is 1. The Morgan fingerprint density at radius 1 is 1.42 bits per heavy atom. The summed E-state index contributed by atoms with van der Waals surface area (Å²) in [4.78, 5) is 13.1. The van der Waals surface area contributed by atoms with Gasteiger partial charge in [-0.2, -0.15) is 0 Å². The van der Waals surface area contributed by atoms with Crippen molar-refractivity contribution in [3.63, 3.8) is 0 Å². The normalized spacial score (nSPS) is 11.1. The topological polar surface area (TPSA) is 119 Å². The van der Waals surface area contributed by atoms with Gasteiger partial charge in [0, 0.05) is 13.6 Å². The van der Waals surface area contributed by atoms with E-state index in [9.17, 15) is 13.2 Å². The minimum atomic E-state index is -3.79. The van der Waals surface area contributed by atoms with Crippen LogP contribution in [-0.2, 0) is 14.8 Å². The fourth-order valence-corrected chi connectivity index (χ4v) is 1.89. The summed E-state index contributed by atoms with van der Waals surface area (Å²) >= 11 is 0. The molecule has 0 atom stereocenters. The molecule has 5 N–H and O–H groups in total. The standard InChI is InChI=1S/C11H18N4O3S/c1-3-15(2)11(16)7-14-10-6-8(19(13,17)18)4-5-9(10)12/h4-6,14H,3,7,12H2,1-2H3,(H2,13,17,18). The molecule has 0 aromatic heterocycles. The summed E-state index contributed by atoms with van der Waals surface area (Å²) in [6, 6.07) is 4.05. The number of primary sulfonamides is 1. The molecule has 19 heavy (non-hydrogen) atoms. The van der Waals surface area contributed by atoms with Crippen LogP contribution in [0.1, 0.15) is 6.92 Å². The molecule has 106 valence electrons. The number of benzene rings is 1. The van der Waals surface area contributed by atoms with E-state index in [0.29, 0.717) is 17.9 Å². The Kier molecular flexibility index (Phi) is 4.73. The third-order valence-electron chi connectivity index (χ3n) is 2.68. The molecule has 0 saturated heterocycles. The molecule has 1 amide bonds. The van der Waals surface area contributed by atoms with Crippen molar-refractivity contribution in [3.05, 3.63) is 18.2 Å². The maximum absolute atomic E-state index is 11.6. The first-order valence-electron chi connectivity index (χ1n) is 5.66. The van der Waals surface area contributed by atoms with Crippen LogP contribution < -0.4 is 16.2 Å². The lowest BCUT2D eigenvalue weighted by Gasteiger charge is -2.16. The molecule has 0 spiro atoms. The second kappa shape index (κ2) is 5.89. The summed E-state index contributed by atoms with van der Waals surface area (Å²) in [5.74, 6) is -0.122. The van der Waals surface area contributed by atoms with Crippen molar-refractivity contribution >= 4 is 27.3 Å². The van der Waals surface area contributed by atoms with Crippen molar-refractivity contribution in [1.82, 2.24) is 4.90 Å². The van der Waals surface area contributed by atoms with Crippen LogP contribution in [-0.4, -0.2) is 39.4 Å².